The normalized spacial score (nSPS) is 11.9. The Balaban J connectivity index is 2.00. The predicted octanol–water partition coefficient (Wildman–Crippen LogP) is 6.77. The monoisotopic (exact) mass is 480 g/mol. The second-order valence-electron chi connectivity index (χ2n) is 7.41. The van der Waals surface area contributed by atoms with E-state index < -0.39 is 20.7 Å². The number of hydrogen-bond acceptors (Lipinski definition) is 0. The lowest BCUT2D eigenvalue weighted by molar-refractivity contribution is 0.961. The van der Waals surface area contributed by atoms with Crippen molar-refractivity contribution < 1.29 is 0 Å². The Kier molecular flexibility index (Phi) is 7.47. The number of rotatable bonds is 7. The lowest BCUT2D eigenvalue weighted by atomic mass is 10.4. The first-order chi connectivity index (χ1) is 15.1. The van der Waals surface area contributed by atoms with Crippen LogP contribution in [0.3, 0.4) is 0 Å². The summed E-state index contributed by atoms with van der Waals surface area (Å²) in [5, 5.41) is 5.16. The molecule has 0 saturated heterocycles. The highest BCUT2D eigenvalue weighted by Gasteiger charge is 2.48. The van der Waals surface area contributed by atoms with Crippen molar-refractivity contribution in [3.05, 3.63) is 121 Å². The number of alkyl halides is 2. The zero-order valence-electron chi connectivity index (χ0n) is 17.3. The first kappa shape index (κ1) is 22.5. The fourth-order valence-corrected chi connectivity index (χ4v) is 12.3. The van der Waals surface area contributed by atoms with Gasteiger partial charge in [-0.25, -0.2) is 0 Å². The molecule has 0 atom stereocenters. The maximum Gasteiger partial charge on any atom is 0.122 e. The third-order valence-electron chi connectivity index (χ3n) is 5.38. The molecule has 0 bridgehead atoms. The smallest absolute Gasteiger partial charge is 0.104 e. The highest BCUT2D eigenvalue weighted by molar-refractivity contribution is 7.91. The van der Waals surface area contributed by atoms with Crippen LogP contribution in [0.4, 0.5) is 0 Å². The van der Waals surface area contributed by atoms with Crippen molar-refractivity contribution in [1.82, 2.24) is 0 Å². The SMILES string of the molecule is CC(C(Cl)Cl)(P(c1ccccc1)c1ccccc1)P(c1ccccc1)c1ccccc1. The minimum atomic E-state index is -0.857. The molecular weight excluding hydrogens is 457 g/mol. The van der Waals surface area contributed by atoms with E-state index in [0.717, 1.165) is 0 Å². The van der Waals surface area contributed by atoms with E-state index in [9.17, 15) is 0 Å². The maximum atomic E-state index is 6.97. The number of benzene rings is 4. The van der Waals surface area contributed by atoms with Gasteiger partial charge in [0.2, 0.25) is 0 Å². The summed E-state index contributed by atoms with van der Waals surface area (Å²) in [6.07, 6.45) is 0. The van der Waals surface area contributed by atoms with Crippen molar-refractivity contribution in [2.45, 2.75) is 16.7 Å². The Morgan fingerprint density at radius 2 is 0.710 bits per heavy atom. The van der Waals surface area contributed by atoms with Gasteiger partial charge in [-0.2, -0.15) is 0 Å². The summed E-state index contributed by atoms with van der Waals surface area (Å²) in [5.41, 5.74) is 0. The fraction of sp³-hybridized carbons (Fsp3) is 0.111. The van der Waals surface area contributed by atoms with Gasteiger partial charge in [-0.3, -0.25) is 0 Å². The summed E-state index contributed by atoms with van der Waals surface area (Å²) in [4.78, 5) is -0.940. The summed E-state index contributed by atoms with van der Waals surface area (Å²) in [6, 6.07) is 42.9. The van der Waals surface area contributed by atoms with Crippen molar-refractivity contribution in [3.8, 4) is 0 Å². The molecule has 0 aliphatic heterocycles. The highest BCUT2D eigenvalue weighted by Crippen LogP contribution is 2.68. The Bertz CT molecular complexity index is 909. The molecule has 0 spiro atoms. The van der Waals surface area contributed by atoms with E-state index in [1.165, 1.54) is 21.2 Å². The van der Waals surface area contributed by atoms with Crippen LogP contribution in [0.5, 0.6) is 0 Å². The summed E-state index contributed by atoms with van der Waals surface area (Å²) in [7, 11) is -1.71. The Morgan fingerprint density at radius 1 is 0.484 bits per heavy atom. The number of hydrogen-bond donors (Lipinski definition) is 0. The van der Waals surface area contributed by atoms with Gasteiger partial charge < -0.3 is 0 Å². The van der Waals surface area contributed by atoms with Gasteiger partial charge in [0.25, 0.3) is 0 Å². The van der Waals surface area contributed by atoms with Crippen LogP contribution in [0.25, 0.3) is 0 Å². The van der Waals surface area contributed by atoms with Crippen LogP contribution >= 0.6 is 39.0 Å². The number of halogens is 2. The summed E-state index contributed by atoms with van der Waals surface area (Å²) in [6.45, 7) is 2.29. The molecule has 0 N–H and O–H groups in total. The van der Waals surface area contributed by atoms with Crippen LogP contribution in [0.1, 0.15) is 6.92 Å². The van der Waals surface area contributed by atoms with E-state index in [1.807, 2.05) is 0 Å². The largest absolute Gasteiger partial charge is 0.122 e. The van der Waals surface area contributed by atoms with Crippen molar-refractivity contribution >= 4 is 60.3 Å². The second-order valence-corrected chi connectivity index (χ2v) is 14.1. The van der Waals surface area contributed by atoms with Gasteiger partial charge in [0.1, 0.15) is 4.84 Å². The molecule has 0 nitrogen and oxygen atoms in total. The van der Waals surface area contributed by atoms with E-state index in [0.29, 0.717) is 0 Å². The van der Waals surface area contributed by atoms with E-state index in [2.05, 4.69) is 128 Å². The third kappa shape index (κ3) is 4.74. The van der Waals surface area contributed by atoms with E-state index in [4.69, 9.17) is 23.2 Å². The van der Waals surface area contributed by atoms with Crippen LogP contribution in [0.15, 0.2) is 121 Å². The van der Waals surface area contributed by atoms with Gasteiger partial charge >= 0.3 is 0 Å². The molecule has 4 aromatic rings. The minimum Gasteiger partial charge on any atom is -0.104 e. The lowest BCUT2D eigenvalue weighted by Crippen LogP contribution is -2.41. The Labute approximate surface area is 197 Å². The van der Waals surface area contributed by atoms with Crippen molar-refractivity contribution in [2.24, 2.45) is 0 Å². The van der Waals surface area contributed by atoms with Crippen LogP contribution in [0.2, 0.25) is 0 Å². The molecule has 4 heteroatoms. The highest BCUT2D eigenvalue weighted by atomic mass is 35.5. The van der Waals surface area contributed by atoms with Gasteiger partial charge in [-0.05, 0) is 44.0 Å². The molecular formula is C27H24Cl2P2. The summed E-state index contributed by atoms with van der Waals surface area (Å²) < 4.78 is 0. The Morgan fingerprint density at radius 3 is 0.903 bits per heavy atom. The first-order valence-electron chi connectivity index (χ1n) is 10.2. The molecule has 31 heavy (non-hydrogen) atoms. The molecule has 0 radical (unpaired) electrons. The lowest BCUT2D eigenvalue weighted by Gasteiger charge is -2.46. The van der Waals surface area contributed by atoms with Crippen LogP contribution in [0, 0.1) is 0 Å². The molecule has 0 heterocycles. The third-order valence-corrected chi connectivity index (χ3v) is 13.6. The first-order valence-corrected chi connectivity index (χ1v) is 13.8. The maximum absolute atomic E-state index is 6.97. The van der Waals surface area contributed by atoms with Crippen molar-refractivity contribution in [2.75, 3.05) is 0 Å². The van der Waals surface area contributed by atoms with Gasteiger partial charge in [0, 0.05) is 0 Å². The van der Waals surface area contributed by atoms with Gasteiger partial charge in [0.05, 0.1) is 4.90 Å². The van der Waals surface area contributed by atoms with E-state index in [1.54, 1.807) is 0 Å². The molecule has 0 aromatic heterocycles. The van der Waals surface area contributed by atoms with Gasteiger partial charge in [0.15, 0.2) is 0 Å². The minimum absolute atomic E-state index is 0.390. The molecule has 0 aliphatic rings. The van der Waals surface area contributed by atoms with Crippen molar-refractivity contribution in [3.63, 3.8) is 0 Å². The molecule has 0 amide bonds. The molecule has 4 aromatic carbocycles. The summed E-state index contributed by atoms with van der Waals surface area (Å²) in [5.74, 6) is 0. The topological polar surface area (TPSA) is 0 Å². The van der Waals surface area contributed by atoms with E-state index in [-0.39, 0.29) is 4.90 Å². The van der Waals surface area contributed by atoms with Gasteiger partial charge in [-0.1, -0.05) is 121 Å². The average Bonchev–Trinajstić information content (AvgIpc) is 2.82. The second kappa shape index (κ2) is 10.3. The molecule has 4 rings (SSSR count). The molecule has 0 aliphatic carbocycles. The van der Waals surface area contributed by atoms with Crippen molar-refractivity contribution in [1.29, 1.82) is 0 Å². The predicted molar refractivity (Wildman–Crippen MR) is 142 cm³/mol. The quantitative estimate of drug-likeness (QED) is 0.202. The fourth-order valence-electron chi connectivity index (χ4n) is 3.95. The molecule has 156 valence electrons. The van der Waals surface area contributed by atoms with Crippen LogP contribution in [-0.4, -0.2) is 9.73 Å². The Hall–Kier alpha value is -1.68. The molecule has 0 fully saturated rings. The standard InChI is InChI=1S/C27H24Cl2P2/c1-27(26(28)29,30(22-14-6-2-7-15-22)23-16-8-3-9-17-23)31(24-18-10-4-11-19-24)25-20-12-5-13-21-25/h2-21,26H,1H3. The zero-order valence-corrected chi connectivity index (χ0v) is 20.6. The van der Waals surface area contributed by atoms with Crippen LogP contribution in [-0.2, 0) is 0 Å². The van der Waals surface area contributed by atoms with Gasteiger partial charge in [-0.15, -0.1) is 23.2 Å². The molecule has 0 saturated carbocycles. The zero-order chi connectivity index (χ0) is 21.7. The average molecular weight is 481 g/mol. The summed E-state index contributed by atoms with van der Waals surface area (Å²) >= 11 is 13.9. The van der Waals surface area contributed by atoms with E-state index >= 15 is 0 Å². The molecule has 0 unspecified atom stereocenters. The van der Waals surface area contributed by atoms with Crippen LogP contribution < -0.4 is 21.2 Å².